The van der Waals surface area contributed by atoms with E-state index in [9.17, 15) is 0 Å². The number of hydrogen-bond donors (Lipinski definition) is 0. The molecule has 2 unspecified atom stereocenters. The maximum atomic E-state index is 3.64. The van der Waals surface area contributed by atoms with Crippen molar-refractivity contribution in [3.8, 4) is 11.5 Å². The van der Waals surface area contributed by atoms with Crippen molar-refractivity contribution in [1.82, 2.24) is 4.90 Å². The molecule has 106 valence electrons. The van der Waals surface area contributed by atoms with E-state index in [4.69, 9.17) is 0 Å². The van der Waals surface area contributed by atoms with Gasteiger partial charge in [0.15, 0.2) is 0 Å². The third-order valence-corrected chi connectivity index (χ3v) is 5.47. The largest absolute Gasteiger partial charge is 0.276 e. The summed E-state index contributed by atoms with van der Waals surface area (Å²) in [5.41, 5.74) is 5.46. The van der Waals surface area contributed by atoms with Gasteiger partial charge in [0, 0.05) is 12.1 Å². The second-order valence-corrected chi connectivity index (χ2v) is 12.1. The summed E-state index contributed by atoms with van der Waals surface area (Å²) in [6.45, 7) is 8.09. The van der Waals surface area contributed by atoms with Gasteiger partial charge in [0.2, 0.25) is 0 Å². The van der Waals surface area contributed by atoms with Crippen LogP contribution in [-0.4, -0.2) is 24.6 Å². The van der Waals surface area contributed by atoms with Crippen molar-refractivity contribution in [2.75, 3.05) is 0 Å². The highest BCUT2D eigenvalue weighted by molar-refractivity contribution is 6.83. The lowest BCUT2D eigenvalue weighted by molar-refractivity contribution is 0.401. The topological polar surface area (TPSA) is 3.01 Å². The minimum Gasteiger partial charge on any atom is -0.276 e. The average molecular weight is 283 g/mol. The van der Waals surface area contributed by atoms with Crippen molar-refractivity contribution in [2.45, 2.75) is 63.4 Å². The fraction of sp³-hybridized carbons (Fsp3) is 0.556. The van der Waals surface area contributed by atoms with Crippen molar-refractivity contribution < 1.29 is 0 Å². The highest BCUT2D eigenvalue weighted by Gasteiger charge is 2.62. The van der Waals surface area contributed by atoms with Crippen LogP contribution in [0.5, 0.6) is 0 Å². The summed E-state index contributed by atoms with van der Waals surface area (Å²) in [7, 11) is -1.26. The Balaban J connectivity index is 1.77. The first-order valence-electron chi connectivity index (χ1n) is 7.85. The summed E-state index contributed by atoms with van der Waals surface area (Å²) >= 11 is 0. The fourth-order valence-corrected chi connectivity index (χ4v) is 4.08. The lowest BCUT2D eigenvalue weighted by Crippen LogP contribution is -2.17. The Kier molecular flexibility index (Phi) is 3.52. The first-order chi connectivity index (χ1) is 9.51. The molecule has 20 heavy (non-hydrogen) atoms. The molecule has 1 saturated carbocycles. The predicted molar refractivity (Wildman–Crippen MR) is 88.1 cm³/mol. The van der Waals surface area contributed by atoms with Crippen molar-refractivity contribution in [1.29, 1.82) is 0 Å². The molecule has 1 saturated heterocycles. The summed E-state index contributed by atoms with van der Waals surface area (Å²) < 4.78 is 0. The summed E-state index contributed by atoms with van der Waals surface area (Å²) in [5, 5.41) is 0. The monoisotopic (exact) mass is 283 g/mol. The standard InChI is InChI=1S/C18H25NSi/c1-20(2,3)14-11-17-18(12-7-8-13-18)19(17)15-16-9-5-4-6-10-16/h4-6,9-10,17H,7-8,12-13,15H2,1-3H3. The van der Waals surface area contributed by atoms with Crippen LogP contribution in [0.2, 0.25) is 19.6 Å². The van der Waals surface area contributed by atoms with E-state index in [1.165, 1.54) is 31.2 Å². The van der Waals surface area contributed by atoms with Crippen LogP contribution in [0.4, 0.5) is 0 Å². The third kappa shape index (κ3) is 2.70. The van der Waals surface area contributed by atoms with Crippen LogP contribution in [0.15, 0.2) is 30.3 Å². The molecule has 1 aromatic carbocycles. The Bertz CT molecular complexity index is 526. The van der Waals surface area contributed by atoms with Gasteiger partial charge in [0.05, 0.1) is 6.04 Å². The number of rotatable bonds is 2. The smallest absolute Gasteiger partial charge is 0.129 e. The minimum absolute atomic E-state index is 0.433. The molecule has 2 aliphatic rings. The summed E-state index contributed by atoms with van der Waals surface area (Å²) in [5.74, 6) is 3.64. The Morgan fingerprint density at radius 1 is 1.15 bits per heavy atom. The Hall–Kier alpha value is -1.04. The predicted octanol–water partition coefficient (Wildman–Crippen LogP) is 4.06. The summed E-state index contributed by atoms with van der Waals surface area (Å²) in [4.78, 5) is 2.66. The molecule has 0 aromatic heterocycles. The van der Waals surface area contributed by atoms with Crippen molar-refractivity contribution in [3.63, 3.8) is 0 Å². The molecule has 1 spiro atoms. The molecule has 1 aliphatic heterocycles. The van der Waals surface area contributed by atoms with E-state index in [1.807, 2.05) is 0 Å². The van der Waals surface area contributed by atoms with E-state index < -0.39 is 8.07 Å². The van der Waals surface area contributed by atoms with Crippen LogP contribution >= 0.6 is 0 Å². The molecule has 2 fully saturated rings. The maximum Gasteiger partial charge on any atom is 0.129 e. The van der Waals surface area contributed by atoms with Crippen molar-refractivity contribution in [2.24, 2.45) is 0 Å². The van der Waals surface area contributed by atoms with Crippen molar-refractivity contribution >= 4 is 8.07 Å². The number of nitrogens with zero attached hydrogens (tertiary/aromatic N) is 1. The average Bonchev–Trinajstić information content (AvgIpc) is 2.74. The quantitative estimate of drug-likeness (QED) is 0.449. The highest BCUT2D eigenvalue weighted by atomic mass is 28.3. The van der Waals surface area contributed by atoms with Crippen molar-refractivity contribution in [3.05, 3.63) is 35.9 Å². The van der Waals surface area contributed by atoms with Gasteiger partial charge < -0.3 is 0 Å². The van der Waals surface area contributed by atoms with Gasteiger partial charge in [-0.3, -0.25) is 4.90 Å². The van der Waals surface area contributed by atoms with E-state index in [1.54, 1.807) is 0 Å². The third-order valence-electron chi connectivity index (χ3n) is 4.57. The van der Waals surface area contributed by atoms with Gasteiger partial charge in [-0.2, -0.15) is 0 Å². The molecule has 0 amide bonds. The second kappa shape index (κ2) is 5.06. The highest BCUT2D eigenvalue weighted by Crippen LogP contribution is 2.53. The van der Waals surface area contributed by atoms with E-state index in [0.29, 0.717) is 11.6 Å². The molecule has 0 radical (unpaired) electrons. The molecule has 0 N–H and O–H groups in total. The first kappa shape index (κ1) is 13.9. The summed E-state index contributed by atoms with van der Waals surface area (Å²) in [6.07, 6.45) is 5.47. The number of hydrogen-bond acceptors (Lipinski definition) is 1. The van der Waals surface area contributed by atoms with Gasteiger partial charge in [-0.15, -0.1) is 5.54 Å². The Labute approximate surface area is 124 Å². The van der Waals surface area contributed by atoms with Crippen LogP contribution in [0.25, 0.3) is 0 Å². The molecular formula is C18H25NSi. The SMILES string of the molecule is C[Si](C)(C)C#CC1N(Cc2ccccc2)C12CCCC2. The molecule has 1 nitrogen and oxygen atoms in total. The first-order valence-corrected chi connectivity index (χ1v) is 11.3. The molecule has 2 atom stereocenters. The van der Waals surface area contributed by atoms with Crippen LogP contribution < -0.4 is 0 Å². The Morgan fingerprint density at radius 2 is 1.80 bits per heavy atom. The van der Waals surface area contributed by atoms with Gasteiger partial charge in [0.25, 0.3) is 0 Å². The Morgan fingerprint density at radius 3 is 2.40 bits per heavy atom. The molecule has 0 bridgehead atoms. The summed E-state index contributed by atoms with van der Waals surface area (Å²) in [6, 6.07) is 11.4. The van der Waals surface area contributed by atoms with Crippen LogP contribution in [0.1, 0.15) is 31.2 Å². The molecule has 1 aliphatic carbocycles. The maximum absolute atomic E-state index is 3.64. The van der Waals surface area contributed by atoms with Gasteiger partial charge in [0.1, 0.15) is 8.07 Å². The van der Waals surface area contributed by atoms with Gasteiger partial charge in [-0.25, -0.2) is 0 Å². The van der Waals surface area contributed by atoms with Gasteiger partial charge in [-0.1, -0.05) is 68.7 Å². The zero-order valence-electron chi connectivity index (χ0n) is 12.9. The lowest BCUT2D eigenvalue weighted by atomic mass is 10.0. The zero-order valence-corrected chi connectivity index (χ0v) is 13.9. The molecule has 3 rings (SSSR count). The van der Waals surface area contributed by atoms with Crippen LogP contribution in [0.3, 0.4) is 0 Å². The molecular weight excluding hydrogens is 258 g/mol. The van der Waals surface area contributed by atoms with Crippen LogP contribution in [-0.2, 0) is 6.54 Å². The zero-order chi connectivity index (χ0) is 14.2. The van der Waals surface area contributed by atoms with E-state index in [-0.39, 0.29) is 0 Å². The van der Waals surface area contributed by atoms with Gasteiger partial charge in [-0.05, 0) is 18.4 Å². The number of benzene rings is 1. The molecule has 1 aromatic rings. The van der Waals surface area contributed by atoms with E-state index in [0.717, 1.165) is 6.54 Å². The second-order valence-electron chi connectivity index (χ2n) is 7.35. The lowest BCUT2D eigenvalue weighted by Gasteiger charge is -2.09. The minimum atomic E-state index is -1.26. The van der Waals surface area contributed by atoms with Crippen LogP contribution in [0, 0.1) is 11.5 Å². The normalized spacial score (nSPS) is 27.1. The fourth-order valence-electron chi connectivity index (χ4n) is 3.51. The van der Waals surface area contributed by atoms with E-state index >= 15 is 0 Å². The van der Waals surface area contributed by atoms with E-state index in [2.05, 4.69) is 66.3 Å². The van der Waals surface area contributed by atoms with Gasteiger partial charge >= 0.3 is 0 Å². The molecule has 2 heteroatoms. The molecule has 1 heterocycles.